The Labute approximate surface area is 117 Å². The van der Waals surface area contributed by atoms with Gasteiger partial charge < -0.3 is 10.2 Å². The van der Waals surface area contributed by atoms with E-state index in [0.717, 1.165) is 29.7 Å². The summed E-state index contributed by atoms with van der Waals surface area (Å²) >= 11 is 0.981. The molecule has 2 heterocycles. The first kappa shape index (κ1) is 12.8. The number of aromatic carboxylic acids is 1. The topological polar surface area (TPSA) is 105 Å². The Morgan fingerprint density at radius 3 is 2.75 bits per heavy atom. The Hall–Kier alpha value is -2.22. The minimum Gasteiger partial charge on any atom is -0.481 e. The molecule has 0 amide bonds. The van der Waals surface area contributed by atoms with Gasteiger partial charge in [-0.2, -0.15) is 5.10 Å². The first-order chi connectivity index (χ1) is 9.54. The maximum Gasteiger partial charge on any atom is 0.347 e. The molecule has 0 unspecified atom stereocenters. The molecule has 0 spiro atoms. The average Bonchev–Trinajstić information content (AvgIpc) is 2.95. The summed E-state index contributed by atoms with van der Waals surface area (Å²) in [6.45, 7) is 0. The quantitative estimate of drug-likeness (QED) is 0.868. The molecule has 104 valence electrons. The second kappa shape index (κ2) is 4.71. The highest BCUT2D eigenvalue weighted by Gasteiger charge is 2.25. The summed E-state index contributed by atoms with van der Waals surface area (Å²) in [5.41, 5.74) is 0.810. The van der Waals surface area contributed by atoms with Gasteiger partial charge in [0.15, 0.2) is 0 Å². The van der Waals surface area contributed by atoms with E-state index < -0.39 is 18.4 Å². The van der Waals surface area contributed by atoms with E-state index in [9.17, 15) is 9.59 Å². The number of nitrogens with zero attached hydrogens (tertiary/aromatic N) is 3. The predicted octanol–water partition coefficient (Wildman–Crippen LogP) is 1.67. The molecule has 0 atom stereocenters. The van der Waals surface area contributed by atoms with Gasteiger partial charge in [-0.05, 0) is 12.8 Å². The molecule has 7 nitrogen and oxygen atoms in total. The second-order valence-corrected chi connectivity index (χ2v) is 5.61. The summed E-state index contributed by atoms with van der Waals surface area (Å²) in [7, 11) is 0. The van der Waals surface area contributed by atoms with Crippen molar-refractivity contribution in [3.8, 4) is 10.6 Å². The Kier molecular flexibility index (Phi) is 3.01. The molecule has 1 aliphatic rings. The zero-order chi connectivity index (χ0) is 14.3. The molecule has 0 saturated heterocycles. The van der Waals surface area contributed by atoms with Crippen molar-refractivity contribution in [3.63, 3.8) is 0 Å². The SMILES string of the molecule is O=C(O)Cc1nc(-c2cnn(C3CC3)c2)sc1C(=O)O. The van der Waals surface area contributed by atoms with Gasteiger partial charge in [0, 0.05) is 11.8 Å². The van der Waals surface area contributed by atoms with Gasteiger partial charge >= 0.3 is 11.9 Å². The van der Waals surface area contributed by atoms with Crippen LogP contribution in [-0.4, -0.2) is 36.9 Å². The van der Waals surface area contributed by atoms with Crippen LogP contribution in [0.3, 0.4) is 0 Å². The first-order valence-electron chi connectivity index (χ1n) is 6.04. The van der Waals surface area contributed by atoms with Crippen molar-refractivity contribution in [1.82, 2.24) is 14.8 Å². The highest BCUT2D eigenvalue weighted by Crippen LogP contribution is 2.36. The van der Waals surface area contributed by atoms with Crippen molar-refractivity contribution in [2.45, 2.75) is 25.3 Å². The highest BCUT2D eigenvalue weighted by molar-refractivity contribution is 7.17. The van der Waals surface area contributed by atoms with E-state index in [1.54, 1.807) is 6.20 Å². The van der Waals surface area contributed by atoms with Gasteiger partial charge in [-0.15, -0.1) is 11.3 Å². The maximum atomic E-state index is 11.1. The van der Waals surface area contributed by atoms with Crippen LogP contribution >= 0.6 is 11.3 Å². The van der Waals surface area contributed by atoms with Crippen LogP contribution in [0.1, 0.15) is 34.2 Å². The molecule has 0 bridgehead atoms. The van der Waals surface area contributed by atoms with Crippen molar-refractivity contribution >= 4 is 23.3 Å². The van der Waals surface area contributed by atoms with Crippen LogP contribution in [-0.2, 0) is 11.2 Å². The van der Waals surface area contributed by atoms with Crippen LogP contribution in [0.2, 0.25) is 0 Å². The van der Waals surface area contributed by atoms with Crippen LogP contribution in [0, 0.1) is 0 Å². The van der Waals surface area contributed by atoms with E-state index in [0.29, 0.717) is 11.0 Å². The molecule has 1 fully saturated rings. The lowest BCUT2D eigenvalue weighted by Gasteiger charge is -1.93. The summed E-state index contributed by atoms with van der Waals surface area (Å²) in [6, 6.07) is 0.432. The van der Waals surface area contributed by atoms with Gasteiger partial charge in [0.25, 0.3) is 0 Å². The molecule has 0 radical (unpaired) electrons. The number of aromatic nitrogens is 3. The molecule has 8 heteroatoms. The fraction of sp³-hybridized carbons (Fsp3) is 0.333. The Balaban J connectivity index is 1.95. The summed E-state index contributed by atoms with van der Waals surface area (Å²) < 4.78 is 1.84. The van der Waals surface area contributed by atoms with E-state index in [-0.39, 0.29) is 10.6 Å². The minimum atomic E-state index is -1.15. The molecular weight excluding hydrogens is 282 g/mol. The van der Waals surface area contributed by atoms with Gasteiger partial charge in [-0.1, -0.05) is 0 Å². The van der Waals surface area contributed by atoms with Crippen LogP contribution in [0.5, 0.6) is 0 Å². The van der Waals surface area contributed by atoms with Crippen LogP contribution in [0.25, 0.3) is 10.6 Å². The van der Waals surface area contributed by atoms with Crippen molar-refractivity contribution in [3.05, 3.63) is 23.0 Å². The number of carboxylic acid groups (broad SMARTS) is 2. The number of hydrogen-bond acceptors (Lipinski definition) is 5. The van der Waals surface area contributed by atoms with E-state index in [4.69, 9.17) is 10.2 Å². The Morgan fingerprint density at radius 2 is 2.15 bits per heavy atom. The third kappa shape index (κ3) is 2.42. The lowest BCUT2D eigenvalue weighted by molar-refractivity contribution is -0.136. The fourth-order valence-electron chi connectivity index (χ4n) is 1.89. The summed E-state index contributed by atoms with van der Waals surface area (Å²) in [6.07, 6.45) is 5.27. The standard InChI is InChI=1S/C12H11N3O4S/c16-9(17)3-8-10(12(18)19)20-11(14-8)6-4-13-15(5-6)7-1-2-7/h4-5,7H,1-3H2,(H,16,17)(H,18,19). The summed E-state index contributed by atoms with van der Waals surface area (Å²) in [5.74, 6) is -2.25. The largest absolute Gasteiger partial charge is 0.481 e. The number of carbonyl (C=O) groups is 2. The zero-order valence-electron chi connectivity index (χ0n) is 10.3. The molecule has 1 aliphatic carbocycles. The first-order valence-corrected chi connectivity index (χ1v) is 6.85. The molecule has 3 rings (SSSR count). The molecule has 2 aromatic heterocycles. The molecule has 0 aliphatic heterocycles. The van der Waals surface area contributed by atoms with Crippen molar-refractivity contribution in [2.75, 3.05) is 0 Å². The summed E-state index contributed by atoms with van der Waals surface area (Å²) in [5, 5.41) is 22.6. The van der Waals surface area contributed by atoms with E-state index in [2.05, 4.69) is 10.1 Å². The molecule has 20 heavy (non-hydrogen) atoms. The second-order valence-electron chi connectivity index (χ2n) is 4.61. The van der Waals surface area contributed by atoms with Crippen molar-refractivity contribution < 1.29 is 19.8 Å². The predicted molar refractivity (Wildman–Crippen MR) is 69.9 cm³/mol. The Bertz CT molecular complexity index is 687. The van der Waals surface area contributed by atoms with Crippen molar-refractivity contribution in [2.24, 2.45) is 0 Å². The Morgan fingerprint density at radius 1 is 1.40 bits per heavy atom. The number of thiazole rings is 1. The monoisotopic (exact) mass is 293 g/mol. The van der Waals surface area contributed by atoms with Gasteiger partial charge in [0.05, 0.1) is 24.4 Å². The fourth-order valence-corrected chi connectivity index (χ4v) is 2.79. The van der Waals surface area contributed by atoms with E-state index in [1.807, 2.05) is 10.9 Å². The van der Waals surface area contributed by atoms with Gasteiger partial charge in [0.1, 0.15) is 9.88 Å². The third-order valence-electron chi connectivity index (χ3n) is 2.98. The minimum absolute atomic E-state index is 0.0263. The number of aliphatic carboxylic acids is 1. The lowest BCUT2D eigenvalue weighted by Crippen LogP contribution is -2.05. The van der Waals surface area contributed by atoms with Crippen LogP contribution in [0.4, 0.5) is 0 Å². The van der Waals surface area contributed by atoms with Crippen LogP contribution in [0.15, 0.2) is 12.4 Å². The molecule has 1 saturated carbocycles. The third-order valence-corrected chi connectivity index (χ3v) is 4.11. The normalized spacial score (nSPS) is 14.4. The van der Waals surface area contributed by atoms with Crippen LogP contribution < -0.4 is 0 Å². The summed E-state index contributed by atoms with van der Waals surface area (Å²) in [4.78, 5) is 26.0. The van der Waals surface area contributed by atoms with Crippen molar-refractivity contribution in [1.29, 1.82) is 0 Å². The van der Waals surface area contributed by atoms with Gasteiger partial charge in [-0.3, -0.25) is 9.48 Å². The molecular formula is C12H11N3O4S. The maximum absolute atomic E-state index is 11.1. The van der Waals surface area contributed by atoms with Gasteiger partial charge in [0.2, 0.25) is 0 Å². The number of hydrogen-bond donors (Lipinski definition) is 2. The number of carboxylic acids is 2. The molecule has 0 aromatic carbocycles. The van der Waals surface area contributed by atoms with E-state index in [1.165, 1.54) is 0 Å². The van der Waals surface area contributed by atoms with E-state index >= 15 is 0 Å². The number of rotatable bonds is 5. The zero-order valence-corrected chi connectivity index (χ0v) is 11.1. The molecule has 2 N–H and O–H groups in total. The lowest BCUT2D eigenvalue weighted by atomic mass is 10.2. The molecule has 2 aromatic rings. The average molecular weight is 293 g/mol. The highest BCUT2D eigenvalue weighted by atomic mass is 32.1. The smallest absolute Gasteiger partial charge is 0.347 e. The van der Waals surface area contributed by atoms with Gasteiger partial charge in [-0.25, -0.2) is 9.78 Å².